The fourth-order valence-electron chi connectivity index (χ4n) is 3.28. The van der Waals surface area contributed by atoms with Crippen LogP contribution < -0.4 is 9.47 Å². The van der Waals surface area contributed by atoms with Gasteiger partial charge in [0.2, 0.25) is 0 Å². The molecule has 0 unspecified atom stereocenters. The summed E-state index contributed by atoms with van der Waals surface area (Å²) in [6, 6.07) is 3.72. The number of rotatable bonds is 8. The molecule has 0 bridgehead atoms. The Kier molecular flexibility index (Phi) is 6.85. The van der Waals surface area contributed by atoms with Crippen molar-refractivity contribution in [2.24, 2.45) is 0 Å². The van der Waals surface area contributed by atoms with Gasteiger partial charge in [-0.15, -0.1) is 45.3 Å². The van der Waals surface area contributed by atoms with Crippen LogP contribution in [0.25, 0.3) is 28.9 Å². The van der Waals surface area contributed by atoms with Crippen molar-refractivity contribution in [2.45, 2.75) is 13.8 Å². The lowest BCUT2D eigenvalue weighted by atomic mass is 10.1. The highest BCUT2D eigenvalue weighted by molar-refractivity contribution is 7.34. The van der Waals surface area contributed by atoms with E-state index in [1.807, 2.05) is 22.9 Å². The summed E-state index contributed by atoms with van der Waals surface area (Å²) in [7, 11) is 3.19. The zero-order chi connectivity index (χ0) is 22.8. The average molecular weight is 509 g/mol. The number of thiophene rings is 4. The molecule has 0 saturated heterocycles. The third kappa shape index (κ3) is 3.81. The fraction of sp³-hybridized carbons (Fsp3) is 0.273. The Bertz CT molecular complexity index is 1180. The molecular weight excluding hydrogens is 489 g/mol. The monoisotopic (exact) mass is 508 g/mol. The zero-order valence-corrected chi connectivity index (χ0v) is 21.1. The molecule has 4 heterocycles. The molecular formula is C22H20O6S4. The molecule has 4 aromatic heterocycles. The molecule has 6 nitrogen and oxygen atoms in total. The number of ether oxygens (including phenoxy) is 4. The third-order valence-corrected chi connectivity index (χ3v) is 9.26. The van der Waals surface area contributed by atoms with Crippen LogP contribution in [0.4, 0.5) is 0 Å². The zero-order valence-electron chi connectivity index (χ0n) is 17.8. The Morgan fingerprint density at radius 3 is 1.47 bits per heavy atom. The predicted octanol–water partition coefficient (Wildman–Crippen LogP) is 6.79. The number of esters is 2. The van der Waals surface area contributed by atoms with Gasteiger partial charge in [-0.2, -0.15) is 0 Å². The second-order valence-electron chi connectivity index (χ2n) is 6.35. The number of hydrogen-bond acceptors (Lipinski definition) is 10. The maximum atomic E-state index is 13.1. The molecule has 0 aliphatic carbocycles. The second-order valence-corrected chi connectivity index (χ2v) is 10.2. The Morgan fingerprint density at radius 1 is 0.719 bits per heavy atom. The summed E-state index contributed by atoms with van der Waals surface area (Å²) < 4.78 is 23.2. The summed E-state index contributed by atoms with van der Waals surface area (Å²) in [6.07, 6.45) is 0. The molecule has 32 heavy (non-hydrogen) atoms. The lowest BCUT2D eigenvalue weighted by Gasteiger charge is -2.06. The molecule has 0 aromatic carbocycles. The van der Waals surface area contributed by atoms with Crippen LogP contribution in [-0.2, 0) is 9.47 Å². The van der Waals surface area contributed by atoms with Crippen molar-refractivity contribution in [3.05, 3.63) is 34.0 Å². The molecule has 0 radical (unpaired) electrons. The summed E-state index contributed by atoms with van der Waals surface area (Å²) in [5, 5.41) is 3.82. The molecule has 0 N–H and O–H groups in total. The molecule has 0 saturated carbocycles. The Morgan fingerprint density at radius 2 is 1.12 bits per heavy atom. The summed E-state index contributed by atoms with van der Waals surface area (Å²) >= 11 is 5.71. The van der Waals surface area contributed by atoms with Gasteiger partial charge in [0.05, 0.1) is 67.5 Å². The van der Waals surface area contributed by atoms with E-state index in [1.165, 1.54) is 45.3 Å². The van der Waals surface area contributed by atoms with Crippen molar-refractivity contribution in [2.75, 3.05) is 27.4 Å². The Hall–Kier alpha value is -2.40. The van der Waals surface area contributed by atoms with E-state index in [-0.39, 0.29) is 13.2 Å². The number of methoxy groups -OCH3 is 2. The quantitative estimate of drug-likeness (QED) is 0.244. The second kappa shape index (κ2) is 9.62. The van der Waals surface area contributed by atoms with Crippen LogP contribution in [0.2, 0.25) is 0 Å². The summed E-state index contributed by atoms with van der Waals surface area (Å²) in [5.41, 5.74) is 0.898. The number of fused-ring (bicyclic) bond motifs is 1. The van der Waals surface area contributed by atoms with Gasteiger partial charge in [0.15, 0.2) is 0 Å². The topological polar surface area (TPSA) is 71.1 Å². The van der Waals surface area contributed by atoms with Gasteiger partial charge in [-0.1, -0.05) is 0 Å². The minimum absolute atomic E-state index is 0.249. The summed E-state index contributed by atoms with van der Waals surface area (Å²) in [5.74, 6) is 0.496. The smallest absolute Gasteiger partial charge is 0.341 e. The van der Waals surface area contributed by atoms with E-state index in [0.29, 0.717) is 32.0 Å². The van der Waals surface area contributed by atoms with Crippen LogP contribution in [0.1, 0.15) is 34.6 Å². The lowest BCUT2D eigenvalue weighted by Crippen LogP contribution is -2.05. The van der Waals surface area contributed by atoms with Crippen LogP contribution >= 0.6 is 45.3 Å². The van der Waals surface area contributed by atoms with Crippen molar-refractivity contribution in [1.29, 1.82) is 0 Å². The minimum atomic E-state index is -0.425. The number of carbonyl (C=O) groups excluding carboxylic acids is 2. The van der Waals surface area contributed by atoms with Crippen molar-refractivity contribution >= 4 is 66.7 Å². The highest BCUT2D eigenvalue weighted by Gasteiger charge is 2.32. The third-order valence-electron chi connectivity index (χ3n) is 4.59. The standard InChI is InChI=1S/C22H20O6S4/c1-5-27-21(23)13-17(15-11(25-3)7-9-29-15)31-20-14(22(24)28-6-2)18(32-19(13)20)16-12(26-4)8-10-30-16/h7-10H,5-6H2,1-4H3. The summed E-state index contributed by atoms with van der Waals surface area (Å²) in [6.45, 7) is 4.04. The van der Waals surface area contributed by atoms with E-state index < -0.39 is 11.9 Å². The average Bonchev–Trinajstić information content (AvgIpc) is 3.54. The predicted molar refractivity (Wildman–Crippen MR) is 131 cm³/mol. The van der Waals surface area contributed by atoms with Gasteiger partial charge in [-0.3, -0.25) is 0 Å². The molecule has 0 aliphatic heterocycles. The van der Waals surface area contributed by atoms with Gasteiger partial charge >= 0.3 is 11.9 Å². The lowest BCUT2D eigenvalue weighted by molar-refractivity contribution is 0.0519. The molecule has 0 amide bonds. The Labute approximate surface area is 200 Å². The van der Waals surface area contributed by atoms with E-state index in [0.717, 1.165) is 19.5 Å². The van der Waals surface area contributed by atoms with Gasteiger partial charge < -0.3 is 18.9 Å². The van der Waals surface area contributed by atoms with Crippen molar-refractivity contribution in [3.8, 4) is 31.0 Å². The van der Waals surface area contributed by atoms with E-state index in [1.54, 1.807) is 28.1 Å². The highest BCUT2D eigenvalue weighted by Crippen LogP contribution is 2.53. The first-order chi connectivity index (χ1) is 15.5. The van der Waals surface area contributed by atoms with Gasteiger partial charge in [0, 0.05) is 0 Å². The number of carbonyl (C=O) groups is 2. The van der Waals surface area contributed by atoms with E-state index >= 15 is 0 Å². The molecule has 10 heteroatoms. The van der Waals surface area contributed by atoms with Crippen LogP contribution in [-0.4, -0.2) is 39.4 Å². The maximum absolute atomic E-state index is 13.1. The van der Waals surface area contributed by atoms with Crippen molar-refractivity contribution in [3.63, 3.8) is 0 Å². The molecule has 4 aromatic rings. The van der Waals surface area contributed by atoms with Gasteiger partial charge in [0.25, 0.3) is 0 Å². The van der Waals surface area contributed by atoms with Crippen LogP contribution in [0.3, 0.4) is 0 Å². The van der Waals surface area contributed by atoms with Gasteiger partial charge in [-0.05, 0) is 36.7 Å². The fourth-order valence-corrected chi connectivity index (χ4v) is 8.14. The van der Waals surface area contributed by atoms with E-state index in [2.05, 4.69) is 0 Å². The molecule has 0 spiro atoms. The first kappa shape index (κ1) is 22.8. The summed E-state index contributed by atoms with van der Waals surface area (Å²) in [4.78, 5) is 29.3. The van der Waals surface area contributed by atoms with Gasteiger partial charge in [-0.25, -0.2) is 9.59 Å². The first-order valence-electron chi connectivity index (χ1n) is 9.72. The molecule has 4 rings (SSSR count). The maximum Gasteiger partial charge on any atom is 0.341 e. The van der Waals surface area contributed by atoms with Crippen molar-refractivity contribution in [1.82, 2.24) is 0 Å². The number of hydrogen-bond donors (Lipinski definition) is 0. The van der Waals surface area contributed by atoms with Crippen molar-refractivity contribution < 1.29 is 28.5 Å². The van der Waals surface area contributed by atoms with E-state index in [9.17, 15) is 9.59 Å². The largest absolute Gasteiger partial charge is 0.495 e. The molecule has 0 atom stereocenters. The minimum Gasteiger partial charge on any atom is -0.495 e. The Balaban J connectivity index is 2.05. The van der Waals surface area contributed by atoms with Gasteiger partial charge in [0.1, 0.15) is 11.5 Å². The molecule has 168 valence electrons. The van der Waals surface area contributed by atoms with E-state index in [4.69, 9.17) is 18.9 Å². The van der Waals surface area contributed by atoms with Crippen LogP contribution in [0, 0.1) is 0 Å². The normalized spacial score (nSPS) is 11.0. The highest BCUT2D eigenvalue weighted by atomic mass is 32.1. The first-order valence-corrected chi connectivity index (χ1v) is 13.1. The SMILES string of the molecule is CCOC(=O)c1c(-c2sccc2OC)sc2c(C(=O)OCC)c(-c3sccc3OC)sc12. The molecule has 0 fully saturated rings. The van der Waals surface area contributed by atoms with Crippen LogP contribution in [0.15, 0.2) is 22.9 Å². The molecule has 0 aliphatic rings. The van der Waals surface area contributed by atoms with Crippen LogP contribution in [0.5, 0.6) is 11.5 Å².